The Morgan fingerprint density at radius 2 is 1.73 bits per heavy atom. The SMILES string of the molecule is Cc1ccc(Cl)cc1NC(=O)CSc1nc2ccc(NC(=O)[C@@H](Cc3ccccc3)NS(=O)(=O)c3ccc(I)cc3)cc2s1. The molecular formula is C31H26ClIN4O4S3. The molecule has 0 saturated carbocycles. The van der Waals surface area contributed by atoms with E-state index in [-0.39, 0.29) is 23.0 Å². The van der Waals surface area contributed by atoms with Gasteiger partial charge in [-0.1, -0.05) is 59.8 Å². The van der Waals surface area contributed by atoms with Gasteiger partial charge in [0.25, 0.3) is 0 Å². The van der Waals surface area contributed by atoms with Crippen LogP contribution in [0, 0.1) is 10.5 Å². The van der Waals surface area contributed by atoms with E-state index >= 15 is 0 Å². The standard InChI is InChI=1S/C31H26ClIN4O4S3/c1-19-7-8-21(32)16-26(19)35-29(38)18-42-31-36-25-14-11-23(17-28(25)43-31)34-30(39)27(15-20-5-3-2-4-6-20)37-44(40,41)24-12-9-22(33)10-13-24/h2-14,16-17,27,37H,15,18H2,1H3,(H,34,39)(H,35,38)/t27-/m1/s1. The number of rotatable bonds is 11. The predicted molar refractivity (Wildman–Crippen MR) is 187 cm³/mol. The van der Waals surface area contributed by atoms with E-state index in [4.69, 9.17) is 11.6 Å². The first-order valence-corrected chi connectivity index (χ1v) is 18.0. The molecule has 2 amide bonds. The maximum atomic E-state index is 13.5. The topological polar surface area (TPSA) is 117 Å². The number of aryl methyl sites for hydroxylation is 1. The molecule has 0 aliphatic rings. The second-order valence-corrected chi connectivity index (χ2v) is 15.4. The van der Waals surface area contributed by atoms with Crippen molar-refractivity contribution in [1.29, 1.82) is 0 Å². The fourth-order valence-corrected chi connectivity index (χ4v) is 7.86. The molecule has 1 aromatic heterocycles. The number of hydrogen-bond acceptors (Lipinski definition) is 7. The molecule has 0 aliphatic heterocycles. The summed E-state index contributed by atoms with van der Waals surface area (Å²) in [7, 11) is -3.97. The van der Waals surface area contributed by atoms with Crippen molar-refractivity contribution in [3.8, 4) is 0 Å². The van der Waals surface area contributed by atoms with Crippen molar-refractivity contribution in [3.05, 3.63) is 111 Å². The Morgan fingerprint density at radius 3 is 2.48 bits per heavy atom. The van der Waals surface area contributed by atoms with Crippen molar-refractivity contribution in [2.45, 2.75) is 28.6 Å². The average Bonchev–Trinajstić information content (AvgIpc) is 3.40. The predicted octanol–water partition coefficient (Wildman–Crippen LogP) is 7.12. The van der Waals surface area contributed by atoms with Crippen molar-refractivity contribution in [2.75, 3.05) is 16.4 Å². The fourth-order valence-electron chi connectivity index (χ4n) is 4.22. The first kappa shape index (κ1) is 32.4. The van der Waals surface area contributed by atoms with Crippen molar-refractivity contribution < 1.29 is 18.0 Å². The van der Waals surface area contributed by atoms with Gasteiger partial charge in [0, 0.05) is 20.0 Å². The largest absolute Gasteiger partial charge is 0.325 e. The van der Waals surface area contributed by atoms with E-state index in [1.165, 1.54) is 35.2 Å². The first-order valence-electron chi connectivity index (χ1n) is 13.3. The quantitative estimate of drug-likeness (QED) is 0.0972. The minimum atomic E-state index is -3.97. The molecule has 8 nitrogen and oxygen atoms in total. The number of fused-ring (bicyclic) bond motifs is 1. The van der Waals surface area contributed by atoms with E-state index in [1.807, 2.05) is 43.3 Å². The van der Waals surface area contributed by atoms with Crippen molar-refractivity contribution in [2.24, 2.45) is 0 Å². The molecule has 5 aromatic rings. The maximum absolute atomic E-state index is 13.5. The van der Waals surface area contributed by atoms with Crippen LogP contribution in [-0.2, 0) is 26.0 Å². The van der Waals surface area contributed by atoms with Gasteiger partial charge in [0.05, 0.1) is 20.9 Å². The number of amides is 2. The summed E-state index contributed by atoms with van der Waals surface area (Å²) in [6, 6.07) is 25.2. The molecular weight excluding hydrogens is 751 g/mol. The van der Waals surface area contributed by atoms with Crippen LogP contribution in [-0.4, -0.2) is 37.0 Å². The van der Waals surface area contributed by atoms with Crippen LogP contribution in [0.5, 0.6) is 0 Å². The summed E-state index contributed by atoms with van der Waals surface area (Å²) in [5.41, 5.74) is 3.62. The van der Waals surface area contributed by atoms with Crippen LogP contribution in [0.1, 0.15) is 11.1 Å². The summed E-state index contributed by atoms with van der Waals surface area (Å²) in [5, 5.41) is 6.29. The lowest BCUT2D eigenvalue weighted by Gasteiger charge is -2.19. The Morgan fingerprint density at radius 1 is 0.977 bits per heavy atom. The van der Waals surface area contributed by atoms with E-state index in [0.29, 0.717) is 20.7 Å². The fraction of sp³-hybridized carbons (Fsp3) is 0.129. The number of nitrogens with one attached hydrogen (secondary N) is 3. The Labute approximate surface area is 282 Å². The van der Waals surface area contributed by atoms with Crippen LogP contribution in [0.3, 0.4) is 0 Å². The van der Waals surface area contributed by atoms with Crippen molar-refractivity contribution in [1.82, 2.24) is 9.71 Å². The molecule has 226 valence electrons. The van der Waals surface area contributed by atoms with Gasteiger partial charge in [-0.2, -0.15) is 4.72 Å². The number of aromatic nitrogens is 1. The van der Waals surface area contributed by atoms with E-state index in [2.05, 4.69) is 42.9 Å². The highest BCUT2D eigenvalue weighted by Crippen LogP contribution is 2.32. The van der Waals surface area contributed by atoms with Gasteiger partial charge in [0.1, 0.15) is 6.04 Å². The van der Waals surface area contributed by atoms with Gasteiger partial charge < -0.3 is 10.6 Å². The number of hydrogen-bond donors (Lipinski definition) is 3. The second-order valence-electron chi connectivity index (χ2n) is 9.77. The van der Waals surface area contributed by atoms with Gasteiger partial charge in [-0.15, -0.1) is 11.3 Å². The number of nitrogens with zero attached hydrogens (tertiary/aromatic N) is 1. The molecule has 4 aromatic carbocycles. The van der Waals surface area contributed by atoms with Crippen molar-refractivity contribution >= 4 is 101 Å². The van der Waals surface area contributed by atoms with Gasteiger partial charge >= 0.3 is 0 Å². The number of carbonyl (C=O) groups excluding carboxylic acids is 2. The third kappa shape index (κ3) is 8.58. The van der Waals surface area contributed by atoms with Gasteiger partial charge in [-0.05, 0) is 102 Å². The van der Waals surface area contributed by atoms with Crippen LogP contribution in [0.15, 0.2) is 100 Å². The lowest BCUT2D eigenvalue weighted by Crippen LogP contribution is -2.45. The van der Waals surface area contributed by atoms with E-state index in [0.717, 1.165) is 24.9 Å². The minimum Gasteiger partial charge on any atom is -0.325 e. The molecule has 0 saturated heterocycles. The van der Waals surface area contributed by atoms with E-state index in [1.54, 1.807) is 42.5 Å². The van der Waals surface area contributed by atoms with E-state index < -0.39 is 22.0 Å². The summed E-state index contributed by atoms with van der Waals surface area (Å²) in [4.78, 5) is 30.7. The Hall–Kier alpha value is -3.01. The highest BCUT2D eigenvalue weighted by Gasteiger charge is 2.26. The summed E-state index contributed by atoms with van der Waals surface area (Å²) >= 11 is 10.9. The number of carbonyl (C=O) groups is 2. The monoisotopic (exact) mass is 776 g/mol. The van der Waals surface area contributed by atoms with Crippen LogP contribution in [0.4, 0.5) is 11.4 Å². The molecule has 0 unspecified atom stereocenters. The third-order valence-corrected chi connectivity index (χ3v) is 11.1. The van der Waals surface area contributed by atoms with Gasteiger partial charge in [0.15, 0.2) is 4.34 Å². The smallest absolute Gasteiger partial charge is 0.242 e. The third-order valence-electron chi connectivity index (χ3n) is 6.46. The average molecular weight is 777 g/mol. The minimum absolute atomic E-state index is 0.0799. The zero-order valence-electron chi connectivity index (χ0n) is 23.2. The molecule has 0 radical (unpaired) electrons. The summed E-state index contributed by atoms with van der Waals surface area (Å²) in [6.45, 7) is 1.89. The zero-order valence-corrected chi connectivity index (χ0v) is 28.6. The molecule has 5 rings (SSSR count). The number of halogens is 2. The Bertz CT molecular complexity index is 1920. The van der Waals surface area contributed by atoms with Gasteiger partial charge in [-0.25, -0.2) is 13.4 Å². The zero-order chi connectivity index (χ0) is 31.3. The maximum Gasteiger partial charge on any atom is 0.242 e. The summed E-state index contributed by atoms with van der Waals surface area (Å²) in [5.74, 6) is -0.504. The summed E-state index contributed by atoms with van der Waals surface area (Å²) < 4.78 is 31.4. The number of benzene rings is 4. The Balaban J connectivity index is 1.27. The van der Waals surface area contributed by atoms with Gasteiger partial charge in [-0.3, -0.25) is 9.59 Å². The van der Waals surface area contributed by atoms with Gasteiger partial charge in [0.2, 0.25) is 21.8 Å². The summed E-state index contributed by atoms with van der Waals surface area (Å²) in [6.07, 6.45) is 0.163. The molecule has 3 N–H and O–H groups in total. The molecule has 0 bridgehead atoms. The molecule has 44 heavy (non-hydrogen) atoms. The van der Waals surface area contributed by atoms with E-state index in [9.17, 15) is 18.0 Å². The number of thioether (sulfide) groups is 1. The molecule has 1 atom stereocenters. The highest BCUT2D eigenvalue weighted by molar-refractivity contribution is 14.1. The first-order chi connectivity index (χ1) is 21.1. The van der Waals surface area contributed by atoms with Crippen LogP contribution < -0.4 is 15.4 Å². The lowest BCUT2D eigenvalue weighted by atomic mass is 10.1. The lowest BCUT2D eigenvalue weighted by molar-refractivity contribution is -0.117. The molecule has 0 spiro atoms. The second kappa shape index (κ2) is 14.4. The normalized spacial score (nSPS) is 12.2. The number of anilines is 2. The van der Waals surface area contributed by atoms with Crippen LogP contribution in [0.2, 0.25) is 5.02 Å². The molecule has 0 fully saturated rings. The van der Waals surface area contributed by atoms with Crippen LogP contribution >= 0.6 is 57.3 Å². The molecule has 0 aliphatic carbocycles. The molecule has 1 heterocycles. The highest BCUT2D eigenvalue weighted by atomic mass is 127. The number of sulfonamides is 1. The van der Waals surface area contributed by atoms with Crippen LogP contribution in [0.25, 0.3) is 10.2 Å². The van der Waals surface area contributed by atoms with Crippen molar-refractivity contribution in [3.63, 3.8) is 0 Å². The molecule has 13 heteroatoms. The number of thiazole rings is 1. The Kier molecular flexibility index (Phi) is 10.6.